The van der Waals surface area contributed by atoms with Crippen molar-refractivity contribution in [1.82, 2.24) is 10.2 Å². The maximum Gasteiger partial charge on any atom is 0.249 e. The van der Waals surface area contributed by atoms with Gasteiger partial charge in [0.1, 0.15) is 12.1 Å². The molecule has 2 rings (SSSR count). The molecule has 21 heavy (non-hydrogen) atoms. The van der Waals surface area contributed by atoms with Crippen LogP contribution in [-0.2, 0) is 14.3 Å². The summed E-state index contributed by atoms with van der Waals surface area (Å²) in [5.41, 5.74) is 0. The van der Waals surface area contributed by atoms with Crippen molar-refractivity contribution in [3.05, 3.63) is 0 Å². The van der Waals surface area contributed by atoms with Gasteiger partial charge in [-0.15, -0.1) is 0 Å². The molecule has 120 valence electrons. The zero-order valence-corrected chi connectivity index (χ0v) is 13.4. The maximum absolute atomic E-state index is 12.3. The summed E-state index contributed by atoms with van der Waals surface area (Å²) in [6, 6.07) is -0.370. The number of carbonyl (C=O) groups is 2. The van der Waals surface area contributed by atoms with Crippen molar-refractivity contribution in [2.75, 3.05) is 13.6 Å². The first-order valence-corrected chi connectivity index (χ1v) is 8.22. The second-order valence-electron chi connectivity index (χ2n) is 6.54. The third-order valence-corrected chi connectivity index (χ3v) is 4.65. The van der Waals surface area contributed by atoms with Gasteiger partial charge in [-0.1, -0.05) is 26.7 Å². The number of nitrogens with zero attached hydrogens (tertiary/aromatic N) is 1. The van der Waals surface area contributed by atoms with Crippen molar-refractivity contribution in [1.29, 1.82) is 0 Å². The number of amides is 2. The molecular formula is C16H28N2O3. The number of carbonyl (C=O) groups excluding carboxylic acids is 2. The van der Waals surface area contributed by atoms with Gasteiger partial charge in [-0.3, -0.25) is 9.59 Å². The van der Waals surface area contributed by atoms with E-state index in [-0.39, 0.29) is 24.0 Å². The molecule has 1 saturated carbocycles. The highest BCUT2D eigenvalue weighted by Gasteiger charge is 2.33. The highest BCUT2D eigenvalue weighted by Crippen LogP contribution is 2.27. The number of hydrogen-bond donors (Lipinski definition) is 1. The van der Waals surface area contributed by atoms with E-state index in [2.05, 4.69) is 12.2 Å². The molecule has 0 aromatic heterocycles. The quantitative estimate of drug-likeness (QED) is 0.840. The fraction of sp³-hybridized carbons (Fsp3) is 0.875. The van der Waals surface area contributed by atoms with Crippen LogP contribution in [0.5, 0.6) is 0 Å². The van der Waals surface area contributed by atoms with Gasteiger partial charge in [-0.05, 0) is 31.6 Å². The molecule has 1 heterocycles. The third kappa shape index (κ3) is 4.19. The summed E-state index contributed by atoms with van der Waals surface area (Å²) in [5, 5.41) is 2.86. The normalized spacial score (nSPS) is 31.3. The molecule has 0 bridgehead atoms. The lowest BCUT2D eigenvalue weighted by atomic mass is 9.88. The lowest BCUT2D eigenvalue weighted by Gasteiger charge is -2.30. The number of likely N-dealkylation sites (tertiary alicyclic amines) is 1. The van der Waals surface area contributed by atoms with Crippen molar-refractivity contribution in [2.24, 2.45) is 5.92 Å². The van der Waals surface area contributed by atoms with Crippen LogP contribution in [0.4, 0.5) is 0 Å². The Labute approximate surface area is 127 Å². The molecule has 1 aliphatic carbocycles. The topological polar surface area (TPSA) is 58.6 Å². The van der Waals surface area contributed by atoms with Crippen LogP contribution in [0.3, 0.4) is 0 Å². The fourth-order valence-corrected chi connectivity index (χ4v) is 3.30. The first-order valence-electron chi connectivity index (χ1n) is 8.22. The van der Waals surface area contributed by atoms with Gasteiger partial charge in [-0.25, -0.2) is 0 Å². The molecule has 5 heteroatoms. The Bertz CT molecular complexity index is 386. The zero-order chi connectivity index (χ0) is 15.4. The maximum atomic E-state index is 12.3. The molecule has 2 amide bonds. The van der Waals surface area contributed by atoms with Crippen LogP contribution in [0.25, 0.3) is 0 Å². The smallest absolute Gasteiger partial charge is 0.249 e. The molecular weight excluding hydrogens is 268 g/mol. The van der Waals surface area contributed by atoms with E-state index in [0.717, 1.165) is 12.8 Å². The van der Waals surface area contributed by atoms with E-state index in [9.17, 15) is 9.59 Å². The number of ether oxygens (including phenoxy) is 1. The Morgan fingerprint density at radius 1 is 1.43 bits per heavy atom. The average Bonchev–Trinajstić information content (AvgIpc) is 2.76. The van der Waals surface area contributed by atoms with Gasteiger partial charge in [0.25, 0.3) is 0 Å². The molecule has 5 nitrogen and oxygen atoms in total. The SMILES string of the molecule is CC[C@H](O[C@@H]1CCC[C@@H](C)C1)C(=O)N[C@@H]1CCN(C)C1=O. The summed E-state index contributed by atoms with van der Waals surface area (Å²) in [4.78, 5) is 25.8. The number of likely N-dealkylation sites (N-methyl/N-ethyl adjacent to an activating group) is 1. The molecule has 1 saturated heterocycles. The molecule has 2 fully saturated rings. The second kappa shape index (κ2) is 7.25. The first-order chi connectivity index (χ1) is 10.0. The monoisotopic (exact) mass is 296 g/mol. The van der Waals surface area contributed by atoms with Gasteiger partial charge in [0.15, 0.2) is 0 Å². The van der Waals surface area contributed by atoms with Crippen LogP contribution in [0.15, 0.2) is 0 Å². The molecule has 0 spiro atoms. The molecule has 0 aromatic carbocycles. The first kappa shape index (κ1) is 16.3. The lowest BCUT2D eigenvalue weighted by molar-refractivity contribution is -0.142. The van der Waals surface area contributed by atoms with E-state index >= 15 is 0 Å². The van der Waals surface area contributed by atoms with E-state index in [0.29, 0.717) is 25.3 Å². The summed E-state index contributed by atoms with van der Waals surface area (Å²) < 4.78 is 6.01. The van der Waals surface area contributed by atoms with Gasteiger partial charge in [-0.2, -0.15) is 0 Å². The van der Waals surface area contributed by atoms with Crippen LogP contribution >= 0.6 is 0 Å². The van der Waals surface area contributed by atoms with Crippen molar-refractivity contribution >= 4 is 11.8 Å². The zero-order valence-electron chi connectivity index (χ0n) is 13.4. The second-order valence-corrected chi connectivity index (χ2v) is 6.54. The van der Waals surface area contributed by atoms with E-state index in [1.54, 1.807) is 11.9 Å². The number of hydrogen-bond acceptors (Lipinski definition) is 3. The van der Waals surface area contributed by atoms with Crippen LogP contribution in [0.2, 0.25) is 0 Å². The van der Waals surface area contributed by atoms with Crippen LogP contribution in [-0.4, -0.2) is 48.6 Å². The molecule has 0 radical (unpaired) electrons. The summed E-state index contributed by atoms with van der Waals surface area (Å²) in [6.45, 7) is 4.91. The summed E-state index contributed by atoms with van der Waals surface area (Å²) in [6.07, 6.45) is 5.60. The van der Waals surface area contributed by atoms with Crippen molar-refractivity contribution in [3.63, 3.8) is 0 Å². The van der Waals surface area contributed by atoms with Crippen molar-refractivity contribution in [3.8, 4) is 0 Å². The molecule has 1 aliphatic heterocycles. The standard InChI is InChI=1S/C16H28N2O3/c1-4-14(21-12-7-5-6-11(2)10-12)15(19)17-13-8-9-18(3)16(13)20/h11-14H,4-10H2,1-3H3,(H,17,19)/t11-,12-,13-,14+/m1/s1. The molecule has 0 aromatic rings. The summed E-state index contributed by atoms with van der Waals surface area (Å²) in [5.74, 6) is 0.545. The Morgan fingerprint density at radius 2 is 2.19 bits per heavy atom. The van der Waals surface area contributed by atoms with Crippen molar-refractivity contribution < 1.29 is 14.3 Å². The van der Waals surface area contributed by atoms with Gasteiger partial charge in [0.05, 0.1) is 6.10 Å². The Kier molecular flexibility index (Phi) is 5.62. The van der Waals surface area contributed by atoms with Crippen LogP contribution in [0.1, 0.15) is 52.4 Å². The predicted molar refractivity (Wildman–Crippen MR) is 80.8 cm³/mol. The van der Waals surface area contributed by atoms with Crippen molar-refractivity contribution in [2.45, 2.75) is 70.6 Å². The average molecular weight is 296 g/mol. The highest BCUT2D eigenvalue weighted by atomic mass is 16.5. The van der Waals surface area contributed by atoms with Crippen LogP contribution < -0.4 is 5.32 Å². The fourth-order valence-electron chi connectivity index (χ4n) is 3.30. The summed E-state index contributed by atoms with van der Waals surface area (Å²) in [7, 11) is 1.77. The Morgan fingerprint density at radius 3 is 2.76 bits per heavy atom. The van der Waals surface area contributed by atoms with E-state index in [1.807, 2.05) is 6.92 Å². The van der Waals surface area contributed by atoms with Gasteiger partial charge >= 0.3 is 0 Å². The Balaban J connectivity index is 1.85. The van der Waals surface area contributed by atoms with Gasteiger partial charge < -0.3 is 15.0 Å². The minimum absolute atomic E-state index is 0.00416. The minimum atomic E-state index is -0.431. The highest BCUT2D eigenvalue weighted by molar-refractivity contribution is 5.90. The molecule has 0 unspecified atom stereocenters. The number of nitrogens with one attached hydrogen (secondary N) is 1. The molecule has 1 N–H and O–H groups in total. The minimum Gasteiger partial charge on any atom is -0.365 e. The number of rotatable bonds is 5. The third-order valence-electron chi connectivity index (χ3n) is 4.65. The lowest BCUT2D eigenvalue weighted by Crippen LogP contribution is -2.46. The van der Waals surface area contributed by atoms with E-state index in [1.165, 1.54) is 12.8 Å². The predicted octanol–water partition coefficient (Wildman–Crippen LogP) is 1.71. The molecule has 2 aliphatic rings. The van der Waals surface area contributed by atoms with Crippen LogP contribution in [0, 0.1) is 5.92 Å². The summed E-state index contributed by atoms with van der Waals surface area (Å²) >= 11 is 0. The van der Waals surface area contributed by atoms with Gasteiger partial charge in [0.2, 0.25) is 11.8 Å². The Hall–Kier alpha value is -1.10. The largest absolute Gasteiger partial charge is 0.365 e. The van der Waals surface area contributed by atoms with E-state index in [4.69, 9.17) is 4.74 Å². The van der Waals surface area contributed by atoms with Gasteiger partial charge in [0, 0.05) is 13.6 Å². The van der Waals surface area contributed by atoms with E-state index < -0.39 is 6.10 Å². The molecule has 4 atom stereocenters.